The van der Waals surface area contributed by atoms with Crippen LogP contribution in [0.1, 0.15) is 35.2 Å². The van der Waals surface area contributed by atoms with E-state index in [1.54, 1.807) is 23.9 Å². The molecular weight excluding hydrogens is 401 g/mol. The van der Waals surface area contributed by atoms with Crippen LogP contribution in [0.2, 0.25) is 6.82 Å². The minimum atomic E-state index is -0.566. The molecule has 3 N–H and O–H groups in total. The van der Waals surface area contributed by atoms with Crippen molar-refractivity contribution in [2.45, 2.75) is 38.7 Å². The van der Waals surface area contributed by atoms with E-state index < -0.39 is 17.9 Å². The lowest BCUT2D eigenvalue weighted by molar-refractivity contribution is -0.385. The molecule has 2 fully saturated rings. The van der Waals surface area contributed by atoms with E-state index in [4.69, 9.17) is 0 Å². The number of hydrogen-bond acceptors (Lipinski definition) is 7. The number of nitro groups is 1. The molecule has 1 heterocycles. The fraction of sp³-hybridized carbons (Fsp3) is 0.600. The summed E-state index contributed by atoms with van der Waals surface area (Å²) in [5.41, 5.74) is 0.460. The molecule has 1 aromatic carbocycles. The normalized spacial score (nSPS) is 19.0. The summed E-state index contributed by atoms with van der Waals surface area (Å²) in [6, 6.07) is 4.29. The van der Waals surface area contributed by atoms with Gasteiger partial charge in [0.15, 0.2) is 0 Å². The summed E-state index contributed by atoms with van der Waals surface area (Å²) in [4.78, 5) is 39.7. The first kappa shape index (κ1) is 23.2. The van der Waals surface area contributed by atoms with Crippen LogP contribution in [0.15, 0.2) is 18.2 Å². The molecule has 31 heavy (non-hydrogen) atoms. The Kier molecular flexibility index (Phi) is 7.63. The van der Waals surface area contributed by atoms with Gasteiger partial charge in [0.1, 0.15) is 0 Å². The second kappa shape index (κ2) is 10.2. The molecule has 2 amide bonds. The Labute approximate surface area is 182 Å². The highest BCUT2D eigenvalue weighted by molar-refractivity contribution is 6.45. The first-order valence-corrected chi connectivity index (χ1v) is 10.7. The number of hydrogen-bond donors (Lipinski definition) is 3. The molecule has 1 saturated heterocycles. The van der Waals surface area contributed by atoms with Gasteiger partial charge in [0.2, 0.25) is 5.91 Å². The third-order valence-corrected chi connectivity index (χ3v) is 5.90. The van der Waals surface area contributed by atoms with E-state index in [9.17, 15) is 24.7 Å². The zero-order valence-electron chi connectivity index (χ0n) is 18.0. The molecule has 10 nitrogen and oxygen atoms in total. The van der Waals surface area contributed by atoms with Crippen molar-refractivity contribution >= 4 is 24.6 Å². The van der Waals surface area contributed by atoms with Crippen LogP contribution in [0, 0.1) is 16.0 Å². The van der Waals surface area contributed by atoms with Crippen LogP contribution in [0.4, 0.5) is 5.69 Å². The Morgan fingerprint density at radius 3 is 2.77 bits per heavy atom. The van der Waals surface area contributed by atoms with Crippen molar-refractivity contribution in [3.63, 3.8) is 0 Å². The summed E-state index contributed by atoms with van der Waals surface area (Å²) in [5, 5.41) is 27.2. The number of piperazine rings is 1. The SMILES string of the molecule is CNC(=O)c1ccc(CN(CC2CC2)C(=O)CC2CN(B(C)O)CCN2)c([N+](=O)[O-])c1. The van der Waals surface area contributed by atoms with Gasteiger partial charge in [-0.3, -0.25) is 19.7 Å². The molecule has 0 radical (unpaired) electrons. The van der Waals surface area contributed by atoms with Crippen molar-refractivity contribution in [3.05, 3.63) is 39.4 Å². The summed E-state index contributed by atoms with van der Waals surface area (Å²) >= 11 is 0. The van der Waals surface area contributed by atoms with Crippen LogP contribution < -0.4 is 10.6 Å². The smallest absolute Gasteiger partial charge is 0.376 e. The molecule has 0 aromatic heterocycles. The Morgan fingerprint density at radius 1 is 1.42 bits per heavy atom. The summed E-state index contributed by atoms with van der Waals surface area (Å²) in [6.45, 7) is 4.40. The number of nitrogens with one attached hydrogen (secondary N) is 2. The van der Waals surface area contributed by atoms with E-state index in [-0.39, 0.29) is 36.2 Å². The monoisotopic (exact) mass is 431 g/mol. The summed E-state index contributed by atoms with van der Waals surface area (Å²) in [5.74, 6) is -0.0328. The van der Waals surface area contributed by atoms with Crippen molar-refractivity contribution in [2.75, 3.05) is 33.2 Å². The number of benzene rings is 1. The third-order valence-electron chi connectivity index (χ3n) is 5.90. The van der Waals surface area contributed by atoms with Gasteiger partial charge in [0, 0.05) is 62.9 Å². The second-order valence-electron chi connectivity index (χ2n) is 8.38. The van der Waals surface area contributed by atoms with Crippen LogP contribution in [0.5, 0.6) is 0 Å². The molecule has 1 unspecified atom stereocenters. The van der Waals surface area contributed by atoms with Gasteiger partial charge in [-0.15, -0.1) is 0 Å². The van der Waals surface area contributed by atoms with E-state index in [0.717, 1.165) is 19.4 Å². The molecule has 1 saturated carbocycles. The number of nitro benzene ring substituents is 1. The van der Waals surface area contributed by atoms with Gasteiger partial charge in [-0.1, -0.05) is 0 Å². The first-order chi connectivity index (χ1) is 14.8. The maximum atomic E-state index is 13.1. The molecule has 2 aliphatic rings. The van der Waals surface area contributed by atoms with Gasteiger partial charge in [0.05, 0.1) is 11.5 Å². The van der Waals surface area contributed by atoms with E-state index in [1.807, 2.05) is 4.81 Å². The number of carbonyl (C=O) groups excluding carboxylic acids is 2. The van der Waals surface area contributed by atoms with Crippen molar-refractivity contribution < 1.29 is 19.5 Å². The van der Waals surface area contributed by atoms with Crippen LogP contribution in [0.25, 0.3) is 0 Å². The van der Waals surface area contributed by atoms with Gasteiger partial charge in [-0.05, 0) is 37.7 Å². The minimum Gasteiger partial charge on any atom is -0.437 e. The maximum Gasteiger partial charge on any atom is 0.376 e. The molecule has 3 rings (SSSR count). The van der Waals surface area contributed by atoms with Crippen LogP contribution in [-0.4, -0.2) is 77.8 Å². The van der Waals surface area contributed by atoms with Crippen LogP contribution in [0.3, 0.4) is 0 Å². The molecule has 1 aliphatic carbocycles. The fourth-order valence-electron chi connectivity index (χ4n) is 3.89. The largest absolute Gasteiger partial charge is 0.437 e. The summed E-state index contributed by atoms with van der Waals surface area (Å²) in [7, 11) is 0.902. The topological polar surface area (TPSA) is 128 Å². The standard InChI is InChI=1S/C20H30BN5O5/c1-21(29)25-8-7-23-17(13-25)10-19(27)24(11-14-3-4-14)12-16-6-5-15(20(28)22-2)9-18(16)26(30)31/h5-6,9,14,17,23,29H,3-4,7-8,10-13H2,1-2H3,(H,22,28). The molecule has 0 bridgehead atoms. The Hall–Kier alpha value is -2.50. The highest BCUT2D eigenvalue weighted by Crippen LogP contribution is 2.31. The van der Waals surface area contributed by atoms with E-state index >= 15 is 0 Å². The van der Waals surface area contributed by atoms with Gasteiger partial charge in [0.25, 0.3) is 11.6 Å². The molecule has 11 heteroatoms. The fourth-order valence-corrected chi connectivity index (χ4v) is 3.89. The predicted molar refractivity (Wildman–Crippen MR) is 116 cm³/mol. The number of nitrogens with zero attached hydrogens (tertiary/aromatic N) is 3. The second-order valence-corrected chi connectivity index (χ2v) is 8.38. The Bertz CT molecular complexity index is 832. The van der Waals surface area contributed by atoms with Gasteiger partial charge in [-0.2, -0.15) is 0 Å². The van der Waals surface area contributed by atoms with Gasteiger partial charge in [-0.25, -0.2) is 0 Å². The molecule has 1 atom stereocenters. The minimum absolute atomic E-state index is 0.0680. The number of amides is 2. The average Bonchev–Trinajstić information content (AvgIpc) is 3.57. The van der Waals surface area contributed by atoms with Crippen molar-refractivity contribution in [2.24, 2.45) is 5.92 Å². The van der Waals surface area contributed by atoms with Crippen molar-refractivity contribution in [1.29, 1.82) is 0 Å². The van der Waals surface area contributed by atoms with E-state index in [1.165, 1.54) is 13.1 Å². The van der Waals surface area contributed by atoms with Gasteiger partial charge >= 0.3 is 7.05 Å². The van der Waals surface area contributed by atoms with Gasteiger partial charge < -0.3 is 25.4 Å². The van der Waals surface area contributed by atoms with Crippen LogP contribution in [-0.2, 0) is 11.3 Å². The molecular formula is C20H30BN5O5. The number of carbonyl (C=O) groups is 2. The van der Waals surface area contributed by atoms with Crippen molar-refractivity contribution in [3.8, 4) is 0 Å². The quantitative estimate of drug-likeness (QED) is 0.295. The zero-order valence-corrected chi connectivity index (χ0v) is 18.0. The molecule has 1 aromatic rings. The highest BCUT2D eigenvalue weighted by atomic mass is 16.6. The lowest BCUT2D eigenvalue weighted by Crippen LogP contribution is -2.56. The lowest BCUT2D eigenvalue weighted by atomic mass is 9.83. The highest BCUT2D eigenvalue weighted by Gasteiger charge is 2.31. The number of rotatable bonds is 9. The van der Waals surface area contributed by atoms with Crippen molar-refractivity contribution in [1.82, 2.24) is 20.3 Å². The predicted octanol–water partition coefficient (Wildman–Crippen LogP) is 0.467. The molecule has 0 spiro atoms. The van der Waals surface area contributed by atoms with Crippen LogP contribution >= 0.6 is 0 Å². The summed E-state index contributed by atoms with van der Waals surface area (Å²) < 4.78 is 0. The van der Waals surface area contributed by atoms with E-state index in [2.05, 4.69) is 10.6 Å². The summed E-state index contributed by atoms with van der Waals surface area (Å²) in [6.07, 6.45) is 2.37. The van der Waals surface area contributed by atoms with E-state index in [0.29, 0.717) is 31.1 Å². The lowest BCUT2D eigenvalue weighted by Gasteiger charge is -2.35. The molecule has 168 valence electrons. The third kappa shape index (κ3) is 6.25. The maximum absolute atomic E-state index is 13.1. The average molecular weight is 431 g/mol. The zero-order chi connectivity index (χ0) is 22.5. The molecule has 1 aliphatic heterocycles. The Balaban J connectivity index is 1.74. The first-order valence-electron chi connectivity index (χ1n) is 10.7. The Morgan fingerprint density at radius 2 is 2.16 bits per heavy atom.